The van der Waals surface area contributed by atoms with E-state index in [1.165, 1.54) is 193 Å². The first-order valence-electron chi connectivity index (χ1n) is 40.0. The van der Waals surface area contributed by atoms with E-state index in [4.69, 9.17) is 18.9 Å². The van der Waals surface area contributed by atoms with Crippen LogP contribution in [0.1, 0.15) is 335 Å². The number of allylic oxidation sites excluding steroid dienone is 24. The van der Waals surface area contributed by atoms with E-state index in [9.17, 15) is 19.5 Å². The first-order valence-corrected chi connectivity index (χ1v) is 40.0. The highest BCUT2D eigenvalue weighted by molar-refractivity contribution is 5.70. The maximum Gasteiger partial charge on any atom is 0.306 e. The topological polar surface area (TPSA) is 111 Å². The van der Waals surface area contributed by atoms with Gasteiger partial charge in [0.1, 0.15) is 13.2 Å². The van der Waals surface area contributed by atoms with Crippen molar-refractivity contribution in [2.45, 2.75) is 347 Å². The number of quaternary nitrogens is 1. The number of hydrogen-bond acceptors (Lipinski definition) is 8. The highest BCUT2D eigenvalue weighted by atomic mass is 16.7. The molecule has 0 aromatic carbocycles. The number of nitrogens with zero attached hydrogens (tertiary/aromatic N) is 1. The second-order valence-corrected chi connectivity index (χ2v) is 27.6. The molecule has 0 radical (unpaired) electrons. The molecule has 0 saturated carbocycles. The van der Waals surface area contributed by atoms with E-state index < -0.39 is 24.3 Å². The maximum atomic E-state index is 13.0. The molecular weight excluding hydrogens is 1200 g/mol. The Morgan fingerprint density at radius 2 is 0.557 bits per heavy atom. The summed E-state index contributed by atoms with van der Waals surface area (Å²) in [5.41, 5.74) is 0. The maximum absolute atomic E-state index is 13.0. The van der Waals surface area contributed by atoms with Crippen LogP contribution in [0.25, 0.3) is 0 Å². The molecule has 0 N–H and O–H groups in total. The summed E-state index contributed by atoms with van der Waals surface area (Å²) in [6.07, 6.45) is 110. The van der Waals surface area contributed by atoms with Crippen LogP contribution in [0.3, 0.4) is 0 Å². The molecule has 0 heterocycles. The predicted molar refractivity (Wildman–Crippen MR) is 416 cm³/mol. The summed E-state index contributed by atoms with van der Waals surface area (Å²) in [5.74, 6) is -2.27. The number of unbranched alkanes of at least 4 members (excludes halogenated alkanes) is 34. The SMILES string of the molecule is CC/C=C\C/C=C\C/C=C\C/C=C\C/C=C\C/C=C\CCCCCCCCCCCCCCCCCCCCCCC(=O)OC(COC(=O)CCCCCCCCCCCCCCCC/C=C\C/C=C\C/C=C\C/C=C\C/C=C\C/C=C\CC)COC(OCC[N+](C)(C)C)C(=O)[O-]. The molecule has 2 unspecified atom stereocenters. The minimum absolute atomic E-state index is 0.144. The molecule has 2 atom stereocenters. The largest absolute Gasteiger partial charge is 0.545 e. The lowest BCUT2D eigenvalue weighted by atomic mass is 10.0. The van der Waals surface area contributed by atoms with E-state index >= 15 is 0 Å². The molecular formula is C88H149NO8. The Bertz CT molecular complexity index is 2110. The van der Waals surface area contributed by atoms with Gasteiger partial charge in [-0.1, -0.05) is 352 Å². The Balaban J connectivity index is 4.03. The van der Waals surface area contributed by atoms with Gasteiger partial charge < -0.3 is 33.3 Å². The highest BCUT2D eigenvalue weighted by Gasteiger charge is 2.22. The van der Waals surface area contributed by atoms with Gasteiger partial charge in [0.2, 0.25) is 0 Å². The van der Waals surface area contributed by atoms with Crippen molar-refractivity contribution >= 4 is 17.9 Å². The number of carbonyl (C=O) groups excluding carboxylic acids is 3. The van der Waals surface area contributed by atoms with Crippen LogP contribution in [0.15, 0.2) is 146 Å². The first-order chi connectivity index (χ1) is 47.6. The Morgan fingerprint density at radius 1 is 0.309 bits per heavy atom. The molecule has 9 nitrogen and oxygen atoms in total. The van der Waals surface area contributed by atoms with Crippen molar-refractivity contribution in [2.24, 2.45) is 0 Å². The fourth-order valence-electron chi connectivity index (χ4n) is 11.1. The van der Waals surface area contributed by atoms with E-state index in [2.05, 4.69) is 160 Å². The number of carboxylic acid groups (broad SMARTS) is 1. The van der Waals surface area contributed by atoms with Crippen molar-refractivity contribution in [2.75, 3.05) is 47.5 Å². The second kappa shape index (κ2) is 76.9. The van der Waals surface area contributed by atoms with Crippen molar-refractivity contribution < 1.29 is 42.9 Å². The predicted octanol–water partition coefficient (Wildman–Crippen LogP) is 24.5. The van der Waals surface area contributed by atoms with Crippen molar-refractivity contribution in [1.82, 2.24) is 0 Å². The minimum Gasteiger partial charge on any atom is -0.545 e. The van der Waals surface area contributed by atoms with Crippen LogP contribution < -0.4 is 5.11 Å². The zero-order valence-corrected chi connectivity index (χ0v) is 63.4. The molecule has 0 fully saturated rings. The molecule has 554 valence electrons. The van der Waals surface area contributed by atoms with Crippen LogP contribution in [-0.4, -0.2) is 82.3 Å². The van der Waals surface area contributed by atoms with E-state index in [-0.39, 0.29) is 38.6 Å². The molecule has 9 heteroatoms. The van der Waals surface area contributed by atoms with Gasteiger partial charge in [-0.25, -0.2) is 0 Å². The third kappa shape index (κ3) is 78.4. The fraction of sp³-hybridized carbons (Fsp3) is 0.693. The van der Waals surface area contributed by atoms with Crippen molar-refractivity contribution in [3.05, 3.63) is 146 Å². The van der Waals surface area contributed by atoms with E-state index in [1.807, 2.05) is 21.1 Å². The highest BCUT2D eigenvalue weighted by Crippen LogP contribution is 2.18. The number of hydrogen-bond donors (Lipinski definition) is 0. The number of carboxylic acids is 1. The minimum atomic E-state index is -1.63. The van der Waals surface area contributed by atoms with E-state index in [1.54, 1.807) is 0 Å². The van der Waals surface area contributed by atoms with Crippen LogP contribution >= 0.6 is 0 Å². The summed E-state index contributed by atoms with van der Waals surface area (Å²) in [7, 11) is 5.94. The molecule has 0 rings (SSSR count). The van der Waals surface area contributed by atoms with Gasteiger partial charge in [0.25, 0.3) is 0 Å². The van der Waals surface area contributed by atoms with Gasteiger partial charge in [-0.15, -0.1) is 0 Å². The summed E-state index contributed by atoms with van der Waals surface area (Å²) in [4.78, 5) is 37.6. The van der Waals surface area contributed by atoms with Crippen LogP contribution in [0.5, 0.6) is 0 Å². The van der Waals surface area contributed by atoms with Gasteiger partial charge in [0.05, 0.1) is 40.3 Å². The molecule has 0 amide bonds. The lowest BCUT2D eigenvalue weighted by molar-refractivity contribution is -0.870. The first kappa shape index (κ1) is 92.2. The van der Waals surface area contributed by atoms with E-state index in [0.717, 1.165) is 109 Å². The zero-order valence-electron chi connectivity index (χ0n) is 63.4. The Morgan fingerprint density at radius 3 is 0.825 bits per heavy atom. The molecule has 0 saturated heterocycles. The average molecular weight is 1350 g/mol. The molecule has 0 aliphatic carbocycles. The number of rotatable bonds is 73. The molecule has 0 spiro atoms. The summed E-state index contributed by atoms with van der Waals surface area (Å²) < 4.78 is 22.9. The quantitative estimate of drug-likeness (QED) is 0.0195. The standard InChI is InChI=1S/C88H149NO8/c1-6-8-10-12-14-16-18-20-22-24-26-28-30-32-34-36-38-40-41-42-43-44-45-47-49-51-53-55-57-59-61-63-65-67-69-71-73-75-77-79-86(91)97-84(83-96-88(87(92)93)94-81-80-89(3,4)5)82-95-85(90)78-76-74-72-70-68-66-64-62-60-58-56-54-52-50-48-46-39-37-35-33-31-29-27-25-23-21-19-17-15-13-11-9-7-2/h8-11,14-17,20-23,26-29,32-35,38-40,46,84,88H,6-7,12-13,18-19,24-25,30-31,36-37,41-45,47-83H2,1-5H3/b10-8-,11-9-,16-14-,17-15-,22-20-,23-21-,28-26-,29-27-,34-32-,35-33-,40-38-,46-39-. The van der Waals surface area contributed by atoms with Crippen molar-refractivity contribution in [3.63, 3.8) is 0 Å². The lowest BCUT2D eigenvalue weighted by Gasteiger charge is -2.26. The van der Waals surface area contributed by atoms with Gasteiger partial charge in [-0.05, 0) is 116 Å². The van der Waals surface area contributed by atoms with E-state index in [0.29, 0.717) is 17.4 Å². The van der Waals surface area contributed by atoms with Crippen LogP contribution in [0.4, 0.5) is 0 Å². The zero-order chi connectivity index (χ0) is 70.4. The molecule has 0 aliphatic rings. The smallest absolute Gasteiger partial charge is 0.306 e. The van der Waals surface area contributed by atoms with Crippen LogP contribution in [0, 0.1) is 0 Å². The number of likely N-dealkylation sites (N-methyl/N-ethyl adjacent to an activating group) is 1. The Labute approximate surface area is 598 Å². The summed E-state index contributed by atoms with van der Waals surface area (Å²) >= 11 is 0. The third-order valence-corrected chi connectivity index (χ3v) is 17.1. The van der Waals surface area contributed by atoms with Gasteiger partial charge >= 0.3 is 11.9 Å². The molecule has 0 aromatic rings. The summed E-state index contributed by atoms with van der Waals surface area (Å²) in [6.45, 7) is 4.55. The van der Waals surface area contributed by atoms with Gasteiger partial charge in [0.15, 0.2) is 12.4 Å². The lowest BCUT2D eigenvalue weighted by Crippen LogP contribution is -2.44. The van der Waals surface area contributed by atoms with Gasteiger partial charge in [0, 0.05) is 12.8 Å². The van der Waals surface area contributed by atoms with Crippen LogP contribution in [-0.2, 0) is 33.3 Å². The molecule has 0 aromatic heterocycles. The number of ether oxygens (including phenoxy) is 4. The Kier molecular flexibility index (Phi) is 73.1. The monoisotopic (exact) mass is 1350 g/mol. The molecule has 0 bridgehead atoms. The molecule has 0 aliphatic heterocycles. The number of aliphatic carboxylic acids is 1. The average Bonchev–Trinajstić information content (AvgIpc) is 2.39. The van der Waals surface area contributed by atoms with Gasteiger partial charge in [-0.3, -0.25) is 9.59 Å². The summed E-state index contributed by atoms with van der Waals surface area (Å²) in [5, 5.41) is 11.9. The number of carbonyl (C=O) groups is 3. The van der Waals surface area contributed by atoms with Crippen molar-refractivity contribution in [1.29, 1.82) is 0 Å². The normalized spacial score (nSPS) is 13.5. The second-order valence-electron chi connectivity index (χ2n) is 27.6. The third-order valence-electron chi connectivity index (χ3n) is 17.1. The fourth-order valence-corrected chi connectivity index (χ4v) is 11.1. The molecule has 97 heavy (non-hydrogen) atoms. The number of esters is 2. The Hall–Kier alpha value is -4.83. The van der Waals surface area contributed by atoms with Gasteiger partial charge in [-0.2, -0.15) is 0 Å². The van der Waals surface area contributed by atoms with Crippen LogP contribution in [0.2, 0.25) is 0 Å². The van der Waals surface area contributed by atoms with Crippen molar-refractivity contribution in [3.8, 4) is 0 Å². The summed E-state index contributed by atoms with van der Waals surface area (Å²) in [6, 6.07) is 0.